The fraction of sp³-hybridized carbons (Fsp3) is 0.500. The van der Waals surface area contributed by atoms with E-state index in [1.807, 2.05) is 13.0 Å². The summed E-state index contributed by atoms with van der Waals surface area (Å²) in [6.45, 7) is 2.72. The molecule has 1 aromatic carbocycles. The number of hydrogen-bond donors (Lipinski definition) is 1. The second kappa shape index (κ2) is 5.41. The third-order valence-corrected chi connectivity index (χ3v) is 3.46. The summed E-state index contributed by atoms with van der Waals surface area (Å²) in [5.41, 5.74) is 0.624. The van der Waals surface area contributed by atoms with Crippen molar-refractivity contribution >= 4 is 5.78 Å². The molecule has 1 fully saturated rings. The molecule has 0 bridgehead atoms. The van der Waals surface area contributed by atoms with E-state index in [4.69, 9.17) is 0 Å². The summed E-state index contributed by atoms with van der Waals surface area (Å²) < 4.78 is 13.8. The molecule has 3 heteroatoms. The number of Topliss-reactive ketones (excluding diaryl/α,β-unsaturated/α-hetero) is 1. The van der Waals surface area contributed by atoms with Gasteiger partial charge in [0.25, 0.3) is 0 Å². The molecule has 1 heterocycles. The predicted molar refractivity (Wildman–Crippen MR) is 65.2 cm³/mol. The molecule has 0 aliphatic carbocycles. The second-order valence-electron chi connectivity index (χ2n) is 4.52. The van der Waals surface area contributed by atoms with Crippen LogP contribution in [0.2, 0.25) is 0 Å². The fourth-order valence-electron chi connectivity index (χ4n) is 2.55. The zero-order valence-electron chi connectivity index (χ0n) is 10.1. The number of nitrogens with one attached hydrogen (secondary N) is 1. The normalized spacial score (nSPS) is 24.6. The molecule has 92 valence electrons. The number of ketones is 1. The zero-order valence-corrected chi connectivity index (χ0v) is 10.1. The molecular formula is C14H18FNO. The van der Waals surface area contributed by atoms with E-state index in [-0.39, 0.29) is 23.6 Å². The van der Waals surface area contributed by atoms with Crippen molar-refractivity contribution in [3.05, 3.63) is 35.6 Å². The summed E-state index contributed by atoms with van der Waals surface area (Å²) >= 11 is 0. The Hall–Kier alpha value is -1.22. The summed E-state index contributed by atoms with van der Waals surface area (Å²) in [5.74, 6) is -0.0723. The van der Waals surface area contributed by atoms with Crippen molar-refractivity contribution in [2.24, 2.45) is 5.92 Å². The van der Waals surface area contributed by atoms with Gasteiger partial charge in [0.15, 0.2) is 0 Å². The molecule has 0 aromatic heterocycles. The van der Waals surface area contributed by atoms with Crippen LogP contribution in [-0.4, -0.2) is 12.3 Å². The van der Waals surface area contributed by atoms with Crippen molar-refractivity contribution in [1.29, 1.82) is 0 Å². The Bertz CT molecular complexity index is 405. The molecule has 1 aliphatic rings. The van der Waals surface area contributed by atoms with E-state index in [1.165, 1.54) is 6.07 Å². The molecule has 2 atom stereocenters. The maximum Gasteiger partial charge on any atom is 0.137 e. The van der Waals surface area contributed by atoms with Gasteiger partial charge in [-0.3, -0.25) is 4.79 Å². The zero-order chi connectivity index (χ0) is 12.3. The molecule has 2 unspecified atom stereocenters. The van der Waals surface area contributed by atoms with Crippen LogP contribution in [0.4, 0.5) is 4.39 Å². The molecule has 1 saturated heterocycles. The van der Waals surface area contributed by atoms with Gasteiger partial charge >= 0.3 is 0 Å². The van der Waals surface area contributed by atoms with Crippen LogP contribution in [0, 0.1) is 11.7 Å². The van der Waals surface area contributed by atoms with Crippen LogP contribution in [0.15, 0.2) is 24.3 Å². The average Bonchev–Trinajstić information content (AvgIpc) is 2.38. The molecule has 1 aliphatic heterocycles. The molecule has 1 N–H and O–H groups in total. The van der Waals surface area contributed by atoms with E-state index >= 15 is 0 Å². The highest BCUT2D eigenvalue weighted by atomic mass is 19.1. The summed E-state index contributed by atoms with van der Waals surface area (Å²) in [5, 5.41) is 3.28. The van der Waals surface area contributed by atoms with Crippen LogP contribution >= 0.6 is 0 Å². The van der Waals surface area contributed by atoms with Gasteiger partial charge in [-0.05, 0) is 25.5 Å². The highest BCUT2D eigenvalue weighted by molar-refractivity contribution is 5.81. The monoisotopic (exact) mass is 235 g/mol. The number of hydrogen-bond acceptors (Lipinski definition) is 2. The topological polar surface area (TPSA) is 29.1 Å². The lowest BCUT2D eigenvalue weighted by atomic mass is 9.82. The number of rotatable bonds is 3. The van der Waals surface area contributed by atoms with Crippen molar-refractivity contribution < 1.29 is 9.18 Å². The van der Waals surface area contributed by atoms with Crippen LogP contribution in [0.3, 0.4) is 0 Å². The highest BCUT2D eigenvalue weighted by Crippen LogP contribution is 2.31. The molecular weight excluding hydrogens is 217 g/mol. The first-order chi connectivity index (χ1) is 8.24. The third kappa shape index (κ3) is 2.55. The standard InChI is InChI=1S/C14H18FNO/c1-2-13(17)11-7-5-9-16-14(11)10-6-3-4-8-12(10)15/h3-4,6,8,11,14,16H,2,5,7,9H2,1H3. The molecule has 0 radical (unpaired) electrons. The van der Waals surface area contributed by atoms with Crippen LogP contribution in [0.25, 0.3) is 0 Å². The fourth-order valence-corrected chi connectivity index (χ4v) is 2.55. The van der Waals surface area contributed by atoms with Gasteiger partial charge in [-0.2, -0.15) is 0 Å². The minimum absolute atomic E-state index is 0.0781. The average molecular weight is 235 g/mol. The quantitative estimate of drug-likeness (QED) is 0.872. The Morgan fingerprint density at radius 2 is 2.24 bits per heavy atom. The van der Waals surface area contributed by atoms with Crippen molar-refractivity contribution in [3.8, 4) is 0 Å². The van der Waals surface area contributed by atoms with Crippen LogP contribution in [0.5, 0.6) is 0 Å². The van der Waals surface area contributed by atoms with Crippen molar-refractivity contribution in [3.63, 3.8) is 0 Å². The summed E-state index contributed by atoms with van der Waals surface area (Å²) in [6.07, 6.45) is 2.37. The molecule has 17 heavy (non-hydrogen) atoms. The first kappa shape index (κ1) is 12.2. The number of benzene rings is 1. The highest BCUT2D eigenvalue weighted by Gasteiger charge is 2.31. The smallest absolute Gasteiger partial charge is 0.137 e. The summed E-state index contributed by atoms with van der Waals surface area (Å²) in [7, 11) is 0. The number of carbonyl (C=O) groups is 1. The molecule has 2 nitrogen and oxygen atoms in total. The van der Waals surface area contributed by atoms with E-state index in [9.17, 15) is 9.18 Å². The molecule has 2 rings (SSSR count). The number of halogens is 1. The van der Waals surface area contributed by atoms with Gasteiger partial charge in [-0.25, -0.2) is 4.39 Å². The van der Waals surface area contributed by atoms with Crippen LogP contribution in [0.1, 0.15) is 37.8 Å². The summed E-state index contributed by atoms with van der Waals surface area (Å²) in [4.78, 5) is 11.9. The van der Waals surface area contributed by atoms with E-state index in [0.29, 0.717) is 12.0 Å². The van der Waals surface area contributed by atoms with Crippen molar-refractivity contribution in [2.45, 2.75) is 32.2 Å². The largest absolute Gasteiger partial charge is 0.309 e. The van der Waals surface area contributed by atoms with Crippen LogP contribution < -0.4 is 5.32 Å². The molecule has 0 saturated carbocycles. The van der Waals surface area contributed by atoms with Crippen LogP contribution in [-0.2, 0) is 4.79 Å². The molecule has 0 spiro atoms. The van der Waals surface area contributed by atoms with Gasteiger partial charge in [0, 0.05) is 23.9 Å². The lowest BCUT2D eigenvalue weighted by Gasteiger charge is -2.32. The van der Waals surface area contributed by atoms with Gasteiger partial charge in [-0.1, -0.05) is 25.1 Å². The molecule has 1 aromatic rings. The van der Waals surface area contributed by atoms with E-state index in [2.05, 4.69) is 5.32 Å². The number of carbonyl (C=O) groups excluding carboxylic acids is 1. The first-order valence-electron chi connectivity index (χ1n) is 6.24. The van der Waals surface area contributed by atoms with Gasteiger partial charge < -0.3 is 5.32 Å². The number of piperidine rings is 1. The maximum absolute atomic E-state index is 13.8. The van der Waals surface area contributed by atoms with E-state index in [0.717, 1.165) is 19.4 Å². The Balaban J connectivity index is 2.28. The Morgan fingerprint density at radius 1 is 1.47 bits per heavy atom. The Kier molecular flexibility index (Phi) is 3.89. The van der Waals surface area contributed by atoms with Crippen molar-refractivity contribution in [1.82, 2.24) is 5.32 Å². The summed E-state index contributed by atoms with van der Waals surface area (Å²) in [6, 6.07) is 6.57. The Morgan fingerprint density at radius 3 is 2.94 bits per heavy atom. The van der Waals surface area contributed by atoms with Gasteiger partial charge in [-0.15, -0.1) is 0 Å². The SMILES string of the molecule is CCC(=O)C1CCCNC1c1ccccc1F. The molecule has 0 amide bonds. The van der Waals surface area contributed by atoms with E-state index < -0.39 is 0 Å². The van der Waals surface area contributed by atoms with E-state index in [1.54, 1.807) is 12.1 Å². The van der Waals surface area contributed by atoms with Gasteiger partial charge in [0.2, 0.25) is 0 Å². The minimum atomic E-state index is -0.221. The minimum Gasteiger partial charge on any atom is -0.309 e. The van der Waals surface area contributed by atoms with Crippen molar-refractivity contribution in [2.75, 3.05) is 6.54 Å². The lowest BCUT2D eigenvalue weighted by Crippen LogP contribution is -2.38. The van der Waals surface area contributed by atoms with Gasteiger partial charge in [0.05, 0.1) is 0 Å². The first-order valence-corrected chi connectivity index (χ1v) is 6.24. The second-order valence-corrected chi connectivity index (χ2v) is 4.52. The maximum atomic E-state index is 13.8. The van der Waals surface area contributed by atoms with Gasteiger partial charge in [0.1, 0.15) is 11.6 Å². The lowest BCUT2D eigenvalue weighted by molar-refractivity contribution is -0.124. The third-order valence-electron chi connectivity index (χ3n) is 3.46. The Labute approximate surface area is 101 Å². The predicted octanol–water partition coefficient (Wildman–Crippen LogP) is 2.85.